The van der Waals surface area contributed by atoms with Gasteiger partial charge in [-0.2, -0.15) is 11.8 Å². The molecule has 1 aromatic rings. The summed E-state index contributed by atoms with van der Waals surface area (Å²) in [6.07, 6.45) is 0. The Kier molecular flexibility index (Phi) is 3.74. The van der Waals surface area contributed by atoms with E-state index in [-0.39, 0.29) is 10.6 Å². The fourth-order valence-electron chi connectivity index (χ4n) is 2.08. The molecule has 1 unspecified atom stereocenters. The molecule has 0 aromatic heterocycles. The van der Waals surface area contributed by atoms with Crippen molar-refractivity contribution in [1.29, 1.82) is 0 Å². The van der Waals surface area contributed by atoms with Crippen molar-refractivity contribution in [1.82, 2.24) is 0 Å². The monoisotopic (exact) mass is 287 g/mol. The van der Waals surface area contributed by atoms with Gasteiger partial charge in [0.05, 0.1) is 5.69 Å². The number of hydrogen-bond donors (Lipinski definition) is 2. The minimum atomic E-state index is -3.74. The predicted molar refractivity (Wildman–Crippen MR) is 76.4 cm³/mol. The first-order chi connectivity index (χ1) is 8.39. The van der Waals surface area contributed by atoms with Gasteiger partial charge in [0.2, 0.25) is 10.0 Å². The normalized spacial score (nSPS) is 21.0. The van der Waals surface area contributed by atoms with Gasteiger partial charge in [0.15, 0.2) is 0 Å². The summed E-state index contributed by atoms with van der Waals surface area (Å²) >= 11 is 1.92. The van der Waals surface area contributed by atoms with E-state index >= 15 is 0 Å². The van der Waals surface area contributed by atoms with Gasteiger partial charge < -0.3 is 10.6 Å². The van der Waals surface area contributed by atoms with E-state index in [0.717, 1.165) is 23.7 Å². The minimum Gasteiger partial charge on any atom is -0.398 e. The van der Waals surface area contributed by atoms with E-state index in [1.165, 1.54) is 6.07 Å². The molecule has 18 heavy (non-hydrogen) atoms. The van der Waals surface area contributed by atoms with E-state index in [1.807, 2.05) is 11.8 Å². The number of rotatable bonds is 2. The first-order valence-electron chi connectivity index (χ1n) is 5.66. The summed E-state index contributed by atoms with van der Waals surface area (Å²) in [6.45, 7) is 3.09. The SMILES string of the molecule is CC1CSCCN1c1ccc(S(N)(=O)=O)c(N)c1. The summed E-state index contributed by atoms with van der Waals surface area (Å²) in [5, 5.41) is 5.09. The van der Waals surface area contributed by atoms with Gasteiger partial charge in [-0.1, -0.05) is 0 Å². The van der Waals surface area contributed by atoms with Crippen LogP contribution in [-0.4, -0.2) is 32.5 Å². The Morgan fingerprint density at radius 2 is 2.17 bits per heavy atom. The molecule has 5 nitrogen and oxygen atoms in total. The molecule has 1 aliphatic heterocycles. The van der Waals surface area contributed by atoms with Crippen molar-refractivity contribution >= 4 is 33.2 Å². The van der Waals surface area contributed by atoms with Gasteiger partial charge in [-0.25, -0.2) is 13.6 Å². The molecule has 4 N–H and O–H groups in total. The highest BCUT2D eigenvalue weighted by atomic mass is 32.2. The molecule has 0 saturated carbocycles. The average molecular weight is 287 g/mol. The van der Waals surface area contributed by atoms with Crippen molar-refractivity contribution in [3.63, 3.8) is 0 Å². The van der Waals surface area contributed by atoms with Crippen LogP contribution in [0.15, 0.2) is 23.1 Å². The van der Waals surface area contributed by atoms with Crippen LogP contribution in [0.2, 0.25) is 0 Å². The van der Waals surface area contributed by atoms with Crippen LogP contribution in [0.3, 0.4) is 0 Å². The molecule has 0 amide bonds. The molecule has 1 fully saturated rings. The van der Waals surface area contributed by atoms with Crippen LogP contribution < -0.4 is 15.8 Å². The van der Waals surface area contributed by atoms with Gasteiger partial charge in [-0.3, -0.25) is 0 Å². The highest BCUT2D eigenvalue weighted by Crippen LogP contribution is 2.28. The number of anilines is 2. The molecule has 0 spiro atoms. The number of primary sulfonamides is 1. The van der Waals surface area contributed by atoms with Crippen LogP contribution in [0.5, 0.6) is 0 Å². The third-order valence-corrected chi connectivity index (χ3v) is 5.17. The van der Waals surface area contributed by atoms with Gasteiger partial charge >= 0.3 is 0 Å². The molecular formula is C11H17N3O2S2. The van der Waals surface area contributed by atoms with Crippen LogP contribution in [0.1, 0.15) is 6.92 Å². The Morgan fingerprint density at radius 3 is 2.72 bits per heavy atom. The molecule has 100 valence electrons. The molecule has 1 saturated heterocycles. The van der Waals surface area contributed by atoms with E-state index in [1.54, 1.807) is 12.1 Å². The summed E-state index contributed by atoms with van der Waals surface area (Å²) in [7, 11) is -3.74. The van der Waals surface area contributed by atoms with Gasteiger partial charge in [0.25, 0.3) is 0 Å². The summed E-state index contributed by atoms with van der Waals surface area (Å²) in [5.41, 5.74) is 6.93. The summed E-state index contributed by atoms with van der Waals surface area (Å²) in [6, 6.07) is 5.35. The lowest BCUT2D eigenvalue weighted by molar-refractivity contribution is 0.598. The molecule has 2 rings (SSSR count). The fraction of sp³-hybridized carbons (Fsp3) is 0.455. The van der Waals surface area contributed by atoms with E-state index in [0.29, 0.717) is 6.04 Å². The van der Waals surface area contributed by atoms with Crippen LogP contribution in [0.4, 0.5) is 11.4 Å². The minimum absolute atomic E-state index is 0.00899. The molecule has 0 bridgehead atoms. The molecular weight excluding hydrogens is 270 g/mol. The van der Waals surface area contributed by atoms with E-state index in [2.05, 4.69) is 11.8 Å². The Balaban J connectivity index is 2.34. The highest BCUT2D eigenvalue weighted by Gasteiger charge is 2.20. The third kappa shape index (κ3) is 2.73. The fourth-order valence-corrected chi connectivity index (χ4v) is 3.74. The van der Waals surface area contributed by atoms with Gasteiger partial charge in [0.1, 0.15) is 4.90 Å². The maximum atomic E-state index is 11.3. The van der Waals surface area contributed by atoms with Crippen molar-refractivity contribution in [2.75, 3.05) is 28.7 Å². The largest absolute Gasteiger partial charge is 0.398 e. The van der Waals surface area contributed by atoms with Crippen molar-refractivity contribution in [2.24, 2.45) is 5.14 Å². The number of nitrogens with zero attached hydrogens (tertiary/aromatic N) is 1. The highest BCUT2D eigenvalue weighted by molar-refractivity contribution is 7.99. The number of sulfonamides is 1. The molecule has 0 radical (unpaired) electrons. The lowest BCUT2D eigenvalue weighted by Crippen LogP contribution is -2.40. The lowest BCUT2D eigenvalue weighted by Gasteiger charge is -2.35. The number of hydrogen-bond acceptors (Lipinski definition) is 5. The van der Waals surface area contributed by atoms with Crippen LogP contribution >= 0.6 is 11.8 Å². The van der Waals surface area contributed by atoms with E-state index < -0.39 is 10.0 Å². The maximum Gasteiger partial charge on any atom is 0.240 e. The van der Waals surface area contributed by atoms with Crippen LogP contribution in [-0.2, 0) is 10.0 Å². The van der Waals surface area contributed by atoms with Crippen LogP contribution in [0, 0.1) is 0 Å². The van der Waals surface area contributed by atoms with E-state index in [9.17, 15) is 8.42 Å². The van der Waals surface area contributed by atoms with Crippen molar-refractivity contribution in [3.05, 3.63) is 18.2 Å². The topological polar surface area (TPSA) is 89.4 Å². The molecule has 0 aliphatic carbocycles. The zero-order chi connectivity index (χ0) is 13.3. The van der Waals surface area contributed by atoms with E-state index in [4.69, 9.17) is 10.9 Å². The number of benzene rings is 1. The standard InChI is InChI=1S/C11H17N3O2S2/c1-8-7-17-5-4-14(8)9-2-3-11(10(12)6-9)18(13,15)16/h2-3,6,8H,4-5,7,12H2,1H3,(H2,13,15,16). The molecule has 1 atom stereocenters. The number of nitrogen functional groups attached to an aromatic ring is 1. The van der Waals surface area contributed by atoms with Gasteiger partial charge in [-0.05, 0) is 25.1 Å². The quantitative estimate of drug-likeness (QED) is 0.787. The molecule has 1 aromatic carbocycles. The predicted octanol–water partition coefficient (Wildman–Crippen LogP) is 0.858. The molecule has 1 aliphatic rings. The summed E-state index contributed by atoms with van der Waals surface area (Å²) in [5.74, 6) is 2.14. The second-order valence-electron chi connectivity index (χ2n) is 4.38. The lowest BCUT2D eigenvalue weighted by atomic mass is 10.2. The summed E-state index contributed by atoms with van der Waals surface area (Å²) in [4.78, 5) is 2.23. The maximum absolute atomic E-state index is 11.3. The van der Waals surface area contributed by atoms with Crippen molar-refractivity contribution < 1.29 is 8.42 Å². The Morgan fingerprint density at radius 1 is 1.44 bits per heavy atom. The van der Waals surface area contributed by atoms with Gasteiger partial charge in [-0.15, -0.1) is 0 Å². The Labute approximate surface area is 112 Å². The number of thioether (sulfide) groups is 1. The zero-order valence-corrected chi connectivity index (χ0v) is 11.8. The summed E-state index contributed by atoms with van der Waals surface area (Å²) < 4.78 is 22.6. The van der Waals surface area contributed by atoms with Crippen LogP contribution in [0.25, 0.3) is 0 Å². The smallest absolute Gasteiger partial charge is 0.240 e. The second kappa shape index (κ2) is 4.99. The van der Waals surface area contributed by atoms with Crippen molar-refractivity contribution in [3.8, 4) is 0 Å². The number of nitrogens with two attached hydrogens (primary N) is 2. The Hall–Kier alpha value is -0.920. The van der Waals surface area contributed by atoms with Crippen molar-refractivity contribution in [2.45, 2.75) is 17.9 Å². The third-order valence-electron chi connectivity index (χ3n) is 3.00. The second-order valence-corrected chi connectivity index (χ2v) is 7.06. The zero-order valence-electron chi connectivity index (χ0n) is 10.2. The molecule has 1 heterocycles. The Bertz CT molecular complexity index is 545. The molecule has 7 heteroatoms. The average Bonchev–Trinajstić information content (AvgIpc) is 2.27. The van der Waals surface area contributed by atoms with Gasteiger partial charge in [0, 0.05) is 29.8 Å². The first kappa shape index (κ1) is 13.5. The first-order valence-corrected chi connectivity index (χ1v) is 8.36.